The van der Waals surface area contributed by atoms with Crippen molar-refractivity contribution in [3.05, 3.63) is 29.8 Å². The number of amides is 2. The van der Waals surface area contributed by atoms with E-state index in [0.29, 0.717) is 32.5 Å². The van der Waals surface area contributed by atoms with Crippen molar-refractivity contribution < 1.29 is 14.3 Å². The van der Waals surface area contributed by atoms with E-state index in [0.717, 1.165) is 37.0 Å². The van der Waals surface area contributed by atoms with Crippen molar-refractivity contribution in [3.63, 3.8) is 0 Å². The molecule has 0 bridgehead atoms. The number of para-hydroxylation sites is 1. The Morgan fingerprint density at radius 3 is 2.71 bits per heavy atom. The molecule has 0 aromatic heterocycles. The van der Waals surface area contributed by atoms with E-state index in [-0.39, 0.29) is 36.2 Å². The van der Waals surface area contributed by atoms with E-state index < -0.39 is 0 Å². The van der Waals surface area contributed by atoms with Crippen LogP contribution in [0.5, 0.6) is 5.75 Å². The number of piperidine rings is 1. The van der Waals surface area contributed by atoms with Crippen LogP contribution in [-0.4, -0.2) is 43.5 Å². The van der Waals surface area contributed by atoms with Gasteiger partial charge < -0.3 is 20.7 Å². The van der Waals surface area contributed by atoms with Crippen LogP contribution in [0.3, 0.4) is 0 Å². The average molecular weight is 412 g/mol. The number of nitrogens with two attached hydrogens (primary N) is 1. The van der Waals surface area contributed by atoms with Crippen LogP contribution in [-0.2, 0) is 9.59 Å². The zero-order valence-electron chi connectivity index (χ0n) is 17.0. The number of unbranched alkanes of at least 4 members (excludes halogenated alkanes) is 2. The highest BCUT2D eigenvalue weighted by Crippen LogP contribution is 2.40. The van der Waals surface area contributed by atoms with E-state index in [9.17, 15) is 9.59 Å². The molecule has 1 saturated heterocycles. The molecule has 1 heterocycles. The highest BCUT2D eigenvalue weighted by Gasteiger charge is 2.41. The summed E-state index contributed by atoms with van der Waals surface area (Å²) in [6.07, 6.45) is 4.65. The minimum atomic E-state index is -0.288. The first-order chi connectivity index (χ1) is 13.1. The minimum absolute atomic E-state index is 0. The summed E-state index contributed by atoms with van der Waals surface area (Å²) < 4.78 is 5.54. The van der Waals surface area contributed by atoms with Gasteiger partial charge in [0.15, 0.2) is 0 Å². The van der Waals surface area contributed by atoms with Crippen molar-refractivity contribution in [3.8, 4) is 5.75 Å². The molecule has 1 fully saturated rings. The SMILES string of the molecule is CCCCN1C(=O)CCC(C(=O)NCCCCN)C1c1ccccc1OC.Cl. The Hall–Kier alpha value is -1.79. The summed E-state index contributed by atoms with van der Waals surface area (Å²) in [5.74, 6) is 0.580. The minimum Gasteiger partial charge on any atom is -0.496 e. The molecule has 3 N–H and O–H groups in total. The molecule has 2 unspecified atom stereocenters. The molecule has 0 saturated carbocycles. The molecule has 0 spiro atoms. The second-order valence-electron chi connectivity index (χ2n) is 7.06. The largest absolute Gasteiger partial charge is 0.496 e. The second-order valence-corrected chi connectivity index (χ2v) is 7.06. The van der Waals surface area contributed by atoms with Crippen LogP contribution in [0.15, 0.2) is 24.3 Å². The molecule has 2 rings (SSSR count). The van der Waals surface area contributed by atoms with Gasteiger partial charge in [0.1, 0.15) is 5.75 Å². The summed E-state index contributed by atoms with van der Waals surface area (Å²) in [6, 6.07) is 7.41. The van der Waals surface area contributed by atoms with Gasteiger partial charge in [-0.3, -0.25) is 9.59 Å². The Morgan fingerprint density at radius 1 is 1.29 bits per heavy atom. The lowest BCUT2D eigenvalue weighted by atomic mass is 9.83. The number of methoxy groups -OCH3 is 1. The number of carbonyl (C=O) groups excluding carboxylic acids is 2. The summed E-state index contributed by atoms with van der Waals surface area (Å²) in [6.45, 7) is 4.01. The quantitative estimate of drug-likeness (QED) is 0.579. The van der Waals surface area contributed by atoms with E-state index in [4.69, 9.17) is 10.5 Å². The Labute approximate surface area is 174 Å². The topological polar surface area (TPSA) is 84.7 Å². The van der Waals surface area contributed by atoms with Crippen LogP contribution in [0.2, 0.25) is 0 Å². The smallest absolute Gasteiger partial charge is 0.225 e. The maximum atomic E-state index is 12.9. The zero-order valence-corrected chi connectivity index (χ0v) is 17.8. The van der Waals surface area contributed by atoms with Crippen molar-refractivity contribution in [2.24, 2.45) is 11.7 Å². The molecule has 1 aliphatic heterocycles. The van der Waals surface area contributed by atoms with Gasteiger partial charge in [0.05, 0.1) is 19.1 Å². The average Bonchev–Trinajstić information content (AvgIpc) is 2.69. The molecule has 0 aliphatic carbocycles. The summed E-state index contributed by atoms with van der Waals surface area (Å²) in [4.78, 5) is 27.5. The maximum Gasteiger partial charge on any atom is 0.225 e. The number of rotatable bonds is 10. The van der Waals surface area contributed by atoms with Gasteiger partial charge in [-0.25, -0.2) is 0 Å². The van der Waals surface area contributed by atoms with Gasteiger partial charge in [0.25, 0.3) is 0 Å². The number of likely N-dealkylation sites (tertiary alicyclic amines) is 1. The number of nitrogens with one attached hydrogen (secondary N) is 1. The van der Waals surface area contributed by atoms with E-state index in [2.05, 4.69) is 12.2 Å². The van der Waals surface area contributed by atoms with Crippen LogP contribution < -0.4 is 15.8 Å². The number of benzene rings is 1. The van der Waals surface area contributed by atoms with Crippen molar-refractivity contribution in [2.45, 2.75) is 51.5 Å². The normalized spacial score (nSPS) is 19.1. The fraction of sp³-hybridized carbons (Fsp3) is 0.619. The van der Waals surface area contributed by atoms with Gasteiger partial charge in [0.2, 0.25) is 11.8 Å². The molecule has 7 heteroatoms. The Morgan fingerprint density at radius 2 is 2.04 bits per heavy atom. The molecule has 2 amide bonds. The molecular weight excluding hydrogens is 378 g/mol. The first kappa shape index (κ1) is 24.2. The number of hydrogen-bond acceptors (Lipinski definition) is 4. The summed E-state index contributed by atoms with van der Waals surface area (Å²) >= 11 is 0. The number of hydrogen-bond donors (Lipinski definition) is 2. The lowest BCUT2D eigenvalue weighted by Gasteiger charge is -2.41. The highest BCUT2D eigenvalue weighted by atomic mass is 35.5. The number of ether oxygens (including phenoxy) is 1. The number of carbonyl (C=O) groups is 2. The Balaban J connectivity index is 0.00000392. The second kappa shape index (κ2) is 12.6. The van der Waals surface area contributed by atoms with Crippen LogP contribution in [0.25, 0.3) is 0 Å². The summed E-state index contributed by atoms with van der Waals surface area (Å²) in [7, 11) is 1.63. The van der Waals surface area contributed by atoms with Gasteiger partial charge in [-0.2, -0.15) is 0 Å². The van der Waals surface area contributed by atoms with Gasteiger partial charge in [-0.05, 0) is 38.3 Å². The fourth-order valence-corrected chi connectivity index (χ4v) is 3.73. The lowest BCUT2D eigenvalue weighted by molar-refractivity contribution is -0.143. The van der Waals surface area contributed by atoms with Crippen LogP contribution >= 0.6 is 12.4 Å². The van der Waals surface area contributed by atoms with Crippen LogP contribution in [0.1, 0.15) is 57.1 Å². The van der Waals surface area contributed by atoms with Gasteiger partial charge in [-0.1, -0.05) is 31.5 Å². The van der Waals surface area contributed by atoms with Gasteiger partial charge >= 0.3 is 0 Å². The van der Waals surface area contributed by atoms with E-state index in [1.807, 2.05) is 29.2 Å². The van der Waals surface area contributed by atoms with Crippen LogP contribution in [0, 0.1) is 5.92 Å². The molecule has 1 aromatic rings. The predicted molar refractivity (Wildman–Crippen MR) is 114 cm³/mol. The zero-order chi connectivity index (χ0) is 19.6. The molecule has 2 atom stereocenters. The molecule has 0 radical (unpaired) electrons. The monoisotopic (exact) mass is 411 g/mol. The third kappa shape index (κ3) is 6.11. The van der Waals surface area contributed by atoms with Gasteiger partial charge in [-0.15, -0.1) is 12.4 Å². The van der Waals surface area contributed by atoms with E-state index in [1.165, 1.54) is 0 Å². The molecule has 1 aliphatic rings. The van der Waals surface area contributed by atoms with Crippen molar-refractivity contribution in [1.29, 1.82) is 0 Å². The Bertz CT molecular complexity index is 627. The van der Waals surface area contributed by atoms with Crippen molar-refractivity contribution in [1.82, 2.24) is 10.2 Å². The van der Waals surface area contributed by atoms with E-state index in [1.54, 1.807) is 7.11 Å². The van der Waals surface area contributed by atoms with E-state index >= 15 is 0 Å². The third-order valence-corrected chi connectivity index (χ3v) is 5.18. The number of nitrogens with zero attached hydrogens (tertiary/aromatic N) is 1. The lowest BCUT2D eigenvalue weighted by Crippen LogP contribution is -2.48. The van der Waals surface area contributed by atoms with Crippen molar-refractivity contribution >= 4 is 24.2 Å². The summed E-state index contributed by atoms with van der Waals surface area (Å²) in [5.41, 5.74) is 6.44. The molecule has 1 aromatic carbocycles. The first-order valence-electron chi connectivity index (χ1n) is 10.0. The van der Waals surface area contributed by atoms with Crippen molar-refractivity contribution in [2.75, 3.05) is 26.7 Å². The highest BCUT2D eigenvalue weighted by molar-refractivity contribution is 5.85. The first-order valence-corrected chi connectivity index (χ1v) is 10.0. The molecule has 6 nitrogen and oxygen atoms in total. The molecule has 28 heavy (non-hydrogen) atoms. The van der Waals surface area contributed by atoms with Gasteiger partial charge in [0, 0.05) is 25.1 Å². The predicted octanol–water partition coefficient (Wildman–Crippen LogP) is 3.05. The number of halogens is 1. The fourth-order valence-electron chi connectivity index (χ4n) is 3.73. The van der Waals surface area contributed by atoms with Crippen LogP contribution in [0.4, 0.5) is 0 Å². The molecular formula is C21H34ClN3O3. The standard InChI is InChI=1S/C21H33N3O3.ClH/c1-3-4-15-24-19(25)12-11-17(21(26)23-14-8-7-13-22)20(24)16-9-5-6-10-18(16)27-2;/h5-6,9-10,17,20H,3-4,7-8,11-15,22H2,1-2H3,(H,23,26);1H. The maximum absolute atomic E-state index is 12.9. The Kier molecular flexibility index (Phi) is 10.9. The molecule has 158 valence electrons. The third-order valence-electron chi connectivity index (χ3n) is 5.18. The summed E-state index contributed by atoms with van der Waals surface area (Å²) in [5, 5.41) is 3.04.